The third-order valence-electron chi connectivity index (χ3n) is 2.96. The second-order valence-electron chi connectivity index (χ2n) is 5.31. The number of carboxylic acid groups (broad SMARTS) is 1. The maximum absolute atomic E-state index is 12.0. The van der Waals surface area contributed by atoms with Crippen LogP contribution in [0, 0.1) is 5.92 Å². The van der Waals surface area contributed by atoms with E-state index in [1.54, 1.807) is 12.1 Å². The topological polar surface area (TPSA) is 92.4 Å². The van der Waals surface area contributed by atoms with Crippen molar-refractivity contribution in [3.63, 3.8) is 0 Å². The standard InChI is InChI=1S/C15H22N2O3/c1-10(2)8-12(16)15(20)17-13(9-14(18)19)11-6-4-3-5-7-11/h3-7,10,12-13H,8-9,16H2,1-2H3,(H,17,20)(H,18,19)/t12-,13?/m1/s1. The third kappa shape index (κ3) is 5.40. The molecule has 0 spiro atoms. The average molecular weight is 278 g/mol. The summed E-state index contributed by atoms with van der Waals surface area (Å²) in [5, 5.41) is 11.7. The minimum atomic E-state index is -0.961. The Morgan fingerprint density at radius 1 is 1.25 bits per heavy atom. The van der Waals surface area contributed by atoms with Crippen LogP contribution in [0.25, 0.3) is 0 Å². The van der Waals surface area contributed by atoms with Crippen LogP contribution in [-0.4, -0.2) is 23.0 Å². The summed E-state index contributed by atoms with van der Waals surface area (Å²) in [6, 6.07) is 7.88. The summed E-state index contributed by atoms with van der Waals surface area (Å²) in [6.07, 6.45) is 0.407. The number of carboxylic acids is 1. The van der Waals surface area contributed by atoms with Gasteiger partial charge in [0.15, 0.2) is 0 Å². The van der Waals surface area contributed by atoms with Crippen molar-refractivity contribution in [2.24, 2.45) is 11.7 Å². The number of hydrogen-bond acceptors (Lipinski definition) is 3. The number of benzene rings is 1. The van der Waals surface area contributed by atoms with E-state index in [0.29, 0.717) is 12.3 Å². The van der Waals surface area contributed by atoms with Gasteiger partial charge in [0.25, 0.3) is 0 Å². The van der Waals surface area contributed by atoms with Crippen molar-refractivity contribution >= 4 is 11.9 Å². The number of carbonyl (C=O) groups excluding carboxylic acids is 1. The number of nitrogens with one attached hydrogen (secondary N) is 1. The molecule has 0 heterocycles. The molecule has 0 bridgehead atoms. The molecule has 0 fully saturated rings. The fourth-order valence-electron chi connectivity index (χ4n) is 2.01. The highest BCUT2D eigenvalue weighted by atomic mass is 16.4. The van der Waals surface area contributed by atoms with Crippen LogP contribution in [0.5, 0.6) is 0 Å². The van der Waals surface area contributed by atoms with E-state index in [0.717, 1.165) is 5.56 Å². The number of hydrogen-bond donors (Lipinski definition) is 3. The highest BCUT2D eigenvalue weighted by Gasteiger charge is 2.21. The summed E-state index contributed by atoms with van der Waals surface area (Å²) < 4.78 is 0. The van der Waals surface area contributed by atoms with Gasteiger partial charge in [0.1, 0.15) is 0 Å². The lowest BCUT2D eigenvalue weighted by Crippen LogP contribution is -2.43. The van der Waals surface area contributed by atoms with Crippen molar-refractivity contribution in [2.75, 3.05) is 0 Å². The van der Waals surface area contributed by atoms with E-state index >= 15 is 0 Å². The first-order valence-corrected chi connectivity index (χ1v) is 6.72. The quantitative estimate of drug-likeness (QED) is 0.707. The van der Waals surface area contributed by atoms with Gasteiger partial charge < -0.3 is 16.2 Å². The third-order valence-corrected chi connectivity index (χ3v) is 2.96. The lowest BCUT2D eigenvalue weighted by Gasteiger charge is -2.21. The number of rotatable bonds is 7. The smallest absolute Gasteiger partial charge is 0.305 e. The Balaban J connectivity index is 2.75. The molecule has 5 heteroatoms. The Morgan fingerprint density at radius 3 is 2.35 bits per heavy atom. The average Bonchev–Trinajstić information content (AvgIpc) is 2.37. The number of carbonyl (C=O) groups is 2. The molecule has 1 unspecified atom stereocenters. The molecular weight excluding hydrogens is 256 g/mol. The van der Waals surface area contributed by atoms with Gasteiger partial charge in [-0.1, -0.05) is 44.2 Å². The van der Waals surface area contributed by atoms with Gasteiger partial charge in [-0.3, -0.25) is 9.59 Å². The van der Waals surface area contributed by atoms with Gasteiger partial charge in [0, 0.05) is 0 Å². The second-order valence-corrected chi connectivity index (χ2v) is 5.31. The van der Waals surface area contributed by atoms with Crippen LogP contribution in [0.15, 0.2) is 30.3 Å². The minimum absolute atomic E-state index is 0.163. The summed E-state index contributed by atoms with van der Waals surface area (Å²) in [6.45, 7) is 3.97. The van der Waals surface area contributed by atoms with Crippen LogP contribution < -0.4 is 11.1 Å². The van der Waals surface area contributed by atoms with Crippen molar-refractivity contribution in [1.29, 1.82) is 0 Å². The Labute approximate surface area is 119 Å². The van der Waals surface area contributed by atoms with E-state index in [9.17, 15) is 9.59 Å². The first-order valence-electron chi connectivity index (χ1n) is 6.72. The van der Waals surface area contributed by atoms with Crippen LogP contribution in [0.3, 0.4) is 0 Å². The summed E-state index contributed by atoms with van der Waals surface area (Å²) in [5.41, 5.74) is 6.58. The van der Waals surface area contributed by atoms with Gasteiger partial charge in [-0.05, 0) is 17.9 Å². The maximum atomic E-state index is 12.0. The molecule has 0 aliphatic rings. The van der Waals surface area contributed by atoms with Gasteiger partial charge in [-0.2, -0.15) is 0 Å². The number of aliphatic carboxylic acids is 1. The van der Waals surface area contributed by atoms with Gasteiger partial charge in [-0.15, -0.1) is 0 Å². The highest BCUT2D eigenvalue weighted by Crippen LogP contribution is 2.17. The van der Waals surface area contributed by atoms with Crippen molar-refractivity contribution in [2.45, 2.75) is 38.8 Å². The number of amides is 1. The largest absolute Gasteiger partial charge is 0.481 e. The molecule has 4 N–H and O–H groups in total. The van der Waals surface area contributed by atoms with E-state index in [1.807, 2.05) is 32.0 Å². The first-order chi connectivity index (χ1) is 9.40. The molecule has 0 radical (unpaired) electrons. The van der Waals surface area contributed by atoms with Gasteiger partial charge >= 0.3 is 5.97 Å². The van der Waals surface area contributed by atoms with E-state index in [2.05, 4.69) is 5.32 Å². The van der Waals surface area contributed by atoms with Crippen LogP contribution in [0.1, 0.15) is 38.3 Å². The lowest BCUT2D eigenvalue weighted by atomic mass is 10.0. The zero-order valence-electron chi connectivity index (χ0n) is 11.9. The predicted molar refractivity (Wildman–Crippen MR) is 77.0 cm³/mol. The molecule has 1 rings (SSSR count). The van der Waals surface area contributed by atoms with Crippen LogP contribution >= 0.6 is 0 Å². The SMILES string of the molecule is CC(C)C[C@@H](N)C(=O)NC(CC(=O)O)c1ccccc1. The van der Waals surface area contributed by atoms with Crippen molar-refractivity contribution < 1.29 is 14.7 Å². The Bertz CT molecular complexity index is 446. The van der Waals surface area contributed by atoms with E-state index in [4.69, 9.17) is 10.8 Å². The van der Waals surface area contributed by atoms with Gasteiger partial charge in [-0.25, -0.2) is 0 Å². The lowest BCUT2D eigenvalue weighted by molar-refractivity contribution is -0.137. The van der Waals surface area contributed by atoms with Gasteiger partial charge in [0.2, 0.25) is 5.91 Å². The fraction of sp³-hybridized carbons (Fsp3) is 0.467. The molecule has 1 aromatic rings. The molecule has 1 aromatic carbocycles. The maximum Gasteiger partial charge on any atom is 0.305 e. The monoisotopic (exact) mass is 278 g/mol. The van der Waals surface area contributed by atoms with Gasteiger partial charge in [0.05, 0.1) is 18.5 Å². The fourth-order valence-corrected chi connectivity index (χ4v) is 2.01. The molecule has 0 saturated heterocycles. The highest BCUT2D eigenvalue weighted by molar-refractivity contribution is 5.82. The molecule has 0 saturated carbocycles. The van der Waals surface area contributed by atoms with Crippen LogP contribution in [0.2, 0.25) is 0 Å². The zero-order chi connectivity index (χ0) is 15.1. The zero-order valence-corrected chi connectivity index (χ0v) is 11.9. The number of nitrogens with two attached hydrogens (primary N) is 1. The molecule has 5 nitrogen and oxygen atoms in total. The molecular formula is C15H22N2O3. The summed E-state index contributed by atoms with van der Waals surface area (Å²) in [4.78, 5) is 22.9. The van der Waals surface area contributed by atoms with Crippen molar-refractivity contribution in [1.82, 2.24) is 5.32 Å². The summed E-state index contributed by atoms with van der Waals surface area (Å²) in [7, 11) is 0. The van der Waals surface area contributed by atoms with Crippen molar-refractivity contribution in [3.8, 4) is 0 Å². The van der Waals surface area contributed by atoms with Crippen LogP contribution in [-0.2, 0) is 9.59 Å². The van der Waals surface area contributed by atoms with Crippen molar-refractivity contribution in [3.05, 3.63) is 35.9 Å². The Hall–Kier alpha value is -1.88. The Morgan fingerprint density at radius 2 is 1.85 bits per heavy atom. The van der Waals surface area contributed by atoms with E-state index in [-0.39, 0.29) is 12.3 Å². The summed E-state index contributed by atoms with van der Waals surface area (Å²) in [5.74, 6) is -0.962. The van der Waals surface area contributed by atoms with E-state index < -0.39 is 18.1 Å². The molecule has 110 valence electrons. The van der Waals surface area contributed by atoms with E-state index in [1.165, 1.54) is 0 Å². The summed E-state index contributed by atoms with van der Waals surface area (Å²) >= 11 is 0. The molecule has 0 aromatic heterocycles. The first kappa shape index (κ1) is 16.2. The predicted octanol–water partition coefficient (Wildman–Crippen LogP) is 1.69. The minimum Gasteiger partial charge on any atom is -0.481 e. The van der Waals surface area contributed by atoms with Crippen LogP contribution in [0.4, 0.5) is 0 Å². The second kappa shape index (κ2) is 7.65. The molecule has 1 amide bonds. The molecule has 0 aliphatic heterocycles. The normalized spacial score (nSPS) is 13.8. The molecule has 2 atom stereocenters. The molecule has 20 heavy (non-hydrogen) atoms. The molecule has 0 aliphatic carbocycles. The Kier molecular flexibility index (Phi) is 6.18.